The van der Waals surface area contributed by atoms with Gasteiger partial charge in [-0.3, -0.25) is 9.78 Å². The third-order valence-electron chi connectivity index (χ3n) is 3.02. The van der Waals surface area contributed by atoms with Crippen LogP contribution in [0.5, 0.6) is 0 Å². The van der Waals surface area contributed by atoms with E-state index in [1.54, 1.807) is 48.6 Å². The number of benzene rings is 1. The zero-order valence-electron chi connectivity index (χ0n) is 11.6. The number of nitrogens with two attached hydrogens (primary N) is 1. The van der Waals surface area contributed by atoms with Crippen molar-refractivity contribution in [3.05, 3.63) is 65.5 Å². The molecule has 1 aromatic carbocycles. The Bertz CT molecular complexity index is 638. The van der Waals surface area contributed by atoms with E-state index in [-0.39, 0.29) is 11.7 Å². The number of hydrogen-bond acceptors (Lipinski definition) is 4. The van der Waals surface area contributed by atoms with Crippen LogP contribution in [0.15, 0.2) is 53.9 Å². The summed E-state index contributed by atoms with van der Waals surface area (Å²) in [4.78, 5) is 17.9. The largest absolute Gasteiger partial charge is 0.409 e. The van der Waals surface area contributed by atoms with Gasteiger partial charge in [0.1, 0.15) is 0 Å². The minimum atomic E-state index is -0.107. The van der Waals surface area contributed by atoms with Crippen LogP contribution in [0.1, 0.15) is 21.5 Å². The zero-order valence-corrected chi connectivity index (χ0v) is 11.6. The molecule has 0 saturated heterocycles. The molecule has 1 aromatic heterocycles. The molecule has 0 aliphatic heterocycles. The van der Waals surface area contributed by atoms with Crippen LogP contribution in [0.25, 0.3) is 0 Å². The zero-order chi connectivity index (χ0) is 15.2. The number of rotatable bonds is 4. The fourth-order valence-corrected chi connectivity index (χ4v) is 1.90. The summed E-state index contributed by atoms with van der Waals surface area (Å²) in [7, 11) is 1.73. The number of hydrogen-bond donors (Lipinski definition) is 2. The van der Waals surface area contributed by atoms with Crippen molar-refractivity contribution in [1.29, 1.82) is 0 Å². The van der Waals surface area contributed by atoms with E-state index >= 15 is 0 Å². The van der Waals surface area contributed by atoms with Crippen LogP contribution in [-0.4, -0.2) is 33.9 Å². The molecule has 2 rings (SSSR count). The predicted octanol–water partition coefficient (Wildman–Crippen LogP) is 1.45. The van der Waals surface area contributed by atoms with Crippen molar-refractivity contribution in [1.82, 2.24) is 9.88 Å². The lowest BCUT2D eigenvalue weighted by Gasteiger charge is -2.17. The Balaban J connectivity index is 2.09. The average Bonchev–Trinajstić information content (AvgIpc) is 2.54. The van der Waals surface area contributed by atoms with Crippen molar-refractivity contribution >= 4 is 11.7 Å². The molecule has 0 radical (unpaired) electrons. The summed E-state index contributed by atoms with van der Waals surface area (Å²) in [5.41, 5.74) is 7.54. The molecule has 0 fully saturated rings. The molecule has 1 heterocycles. The van der Waals surface area contributed by atoms with Crippen LogP contribution in [0.4, 0.5) is 0 Å². The van der Waals surface area contributed by atoms with Crippen molar-refractivity contribution in [2.24, 2.45) is 10.9 Å². The van der Waals surface area contributed by atoms with Crippen molar-refractivity contribution in [2.75, 3.05) is 7.05 Å². The first-order valence-corrected chi connectivity index (χ1v) is 6.34. The maximum absolute atomic E-state index is 12.3. The molecule has 6 nitrogen and oxygen atoms in total. The van der Waals surface area contributed by atoms with E-state index in [4.69, 9.17) is 10.9 Å². The number of aromatic nitrogens is 1. The molecular weight excluding hydrogens is 268 g/mol. The first-order valence-electron chi connectivity index (χ1n) is 6.34. The van der Waals surface area contributed by atoms with Crippen LogP contribution >= 0.6 is 0 Å². The molecule has 0 unspecified atom stereocenters. The first kappa shape index (κ1) is 14.5. The highest BCUT2D eigenvalue weighted by atomic mass is 16.4. The minimum absolute atomic E-state index is 0.0118. The van der Waals surface area contributed by atoms with Gasteiger partial charge in [-0.25, -0.2) is 0 Å². The van der Waals surface area contributed by atoms with E-state index in [9.17, 15) is 4.79 Å². The van der Waals surface area contributed by atoms with Crippen LogP contribution in [0.2, 0.25) is 0 Å². The van der Waals surface area contributed by atoms with Gasteiger partial charge in [0, 0.05) is 37.1 Å². The van der Waals surface area contributed by atoms with Crippen LogP contribution in [0, 0.1) is 0 Å². The number of nitrogens with zero attached hydrogens (tertiary/aromatic N) is 3. The van der Waals surface area contributed by atoms with Gasteiger partial charge in [0.2, 0.25) is 0 Å². The third-order valence-corrected chi connectivity index (χ3v) is 3.02. The summed E-state index contributed by atoms with van der Waals surface area (Å²) < 4.78 is 0. The molecule has 2 aromatic rings. The smallest absolute Gasteiger partial charge is 0.253 e. The Morgan fingerprint density at radius 1 is 1.29 bits per heavy atom. The van der Waals surface area contributed by atoms with E-state index in [0.29, 0.717) is 17.7 Å². The molecule has 108 valence electrons. The first-order chi connectivity index (χ1) is 10.1. The number of oxime groups is 1. The van der Waals surface area contributed by atoms with Gasteiger partial charge in [0.15, 0.2) is 5.84 Å². The number of carbonyl (C=O) groups excluding carboxylic acids is 1. The van der Waals surface area contributed by atoms with Crippen LogP contribution in [-0.2, 0) is 6.54 Å². The molecule has 3 N–H and O–H groups in total. The highest BCUT2D eigenvalue weighted by Crippen LogP contribution is 2.09. The van der Waals surface area contributed by atoms with Gasteiger partial charge >= 0.3 is 0 Å². The monoisotopic (exact) mass is 284 g/mol. The lowest BCUT2D eigenvalue weighted by atomic mass is 10.1. The fourth-order valence-electron chi connectivity index (χ4n) is 1.90. The molecule has 21 heavy (non-hydrogen) atoms. The molecule has 0 spiro atoms. The fraction of sp³-hybridized carbons (Fsp3) is 0.133. The van der Waals surface area contributed by atoms with Crippen LogP contribution in [0.3, 0.4) is 0 Å². The predicted molar refractivity (Wildman–Crippen MR) is 79.0 cm³/mol. The number of amides is 1. The van der Waals surface area contributed by atoms with E-state index in [2.05, 4.69) is 10.1 Å². The maximum atomic E-state index is 12.3. The SMILES string of the molecule is CN(Cc1cccnc1)C(=O)c1ccc(/C(N)=N/O)cc1. The summed E-state index contributed by atoms with van der Waals surface area (Å²) in [6.07, 6.45) is 3.42. The number of carbonyl (C=O) groups is 1. The second kappa shape index (κ2) is 6.51. The Morgan fingerprint density at radius 3 is 2.52 bits per heavy atom. The molecule has 6 heteroatoms. The quantitative estimate of drug-likeness (QED) is 0.385. The van der Waals surface area contributed by atoms with E-state index in [1.807, 2.05) is 12.1 Å². The van der Waals surface area contributed by atoms with Gasteiger partial charge in [-0.05, 0) is 23.8 Å². The second-order valence-corrected chi connectivity index (χ2v) is 4.59. The third kappa shape index (κ3) is 3.56. The molecule has 0 atom stereocenters. The van der Waals surface area contributed by atoms with Crippen molar-refractivity contribution < 1.29 is 10.0 Å². The highest BCUT2D eigenvalue weighted by Gasteiger charge is 2.12. The summed E-state index contributed by atoms with van der Waals surface area (Å²) >= 11 is 0. The molecule has 0 bridgehead atoms. The van der Waals surface area contributed by atoms with E-state index in [1.165, 1.54) is 0 Å². The van der Waals surface area contributed by atoms with Gasteiger partial charge in [0.25, 0.3) is 5.91 Å². The topological polar surface area (TPSA) is 91.8 Å². The van der Waals surface area contributed by atoms with Gasteiger partial charge in [-0.1, -0.05) is 23.4 Å². The molecule has 0 saturated carbocycles. The van der Waals surface area contributed by atoms with Crippen molar-refractivity contribution in [3.63, 3.8) is 0 Å². The summed E-state index contributed by atoms with van der Waals surface area (Å²) in [6, 6.07) is 10.3. The minimum Gasteiger partial charge on any atom is -0.409 e. The van der Waals surface area contributed by atoms with Gasteiger partial charge in [-0.15, -0.1) is 0 Å². The normalized spacial score (nSPS) is 11.2. The van der Waals surface area contributed by atoms with Crippen molar-refractivity contribution in [3.8, 4) is 0 Å². The highest BCUT2D eigenvalue weighted by molar-refractivity contribution is 5.99. The van der Waals surface area contributed by atoms with E-state index in [0.717, 1.165) is 5.56 Å². The summed E-state index contributed by atoms with van der Waals surface area (Å²) in [6.45, 7) is 0.481. The summed E-state index contributed by atoms with van der Waals surface area (Å²) in [5.74, 6) is -0.0948. The second-order valence-electron chi connectivity index (χ2n) is 4.59. The van der Waals surface area contributed by atoms with E-state index < -0.39 is 0 Å². The summed E-state index contributed by atoms with van der Waals surface area (Å²) in [5, 5.41) is 11.5. The van der Waals surface area contributed by atoms with Crippen LogP contribution < -0.4 is 5.73 Å². The maximum Gasteiger partial charge on any atom is 0.253 e. The van der Waals surface area contributed by atoms with Gasteiger partial charge < -0.3 is 15.8 Å². The molecule has 1 amide bonds. The Hall–Kier alpha value is -2.89. The number of pyridine rings is 1. The van der Waals surface area contributed by atoms with Gasteiger partial charge in [-0.2, -0.15) is 0 Å². The number of amidine groups is 1. The molecule has 0 aliphatic carbocycles. The Kier molecular flexibility index (Phi) is 4.50. The standard InChI is InChI=1S/C15H16N4O2/c1-19(10-11-3-2-8-17-9-11)15(20)13-6-4-12(5-7-13)14(16)18-21/h2-9,21H,10H2,1H3,(H2,16,18). The molecule has 0 aliphatic rings. The van der Waals surface area contributed by atoms with Crippen molar-refractivity contribution in [2.45, 2.75) is 6.54 Å². The average molecular weight is 284 g/mol. The lowest BCUT2D eigenvalue weighted by Crippen LogP contribution is -2.26. The molecular formula is C15H16N4O2. The Labute approximate surface area is 122 Å². The Morgan fingerprint density at radius 2 is 1.95 bits per heavy atom. The van der Waals surface area contributed by atoms with Gasteiger partial charge in [0.05, 0.1) is 0 Å². The lowest BCUT2D eigenvalue weighted by molar-refractivity contribution is 0.0785.